The Morgan fingerprint density at radius 2 is 0.696 bits per heavy atom. The molecule has 1 aliphatic rings. The van der Waals surface area contributed by atoms with Crippen LogP contribution in [-0.2, 0) is 0 Å². The fourth-order valence-corrected chi connectivity index (χ4v) is 9.01. The summed E-state index contributed by atoms with van der Waals surface area (Å²) in [4.78, 5) is 5.17. The third-order valence-corrected chi connectivity index (χ3v) is 12.6. The zero-order chi connectivity index (χ0) is 39.7. The maximum atomic E-state index is 12.3. The minimum atomic E-state index is -0.720. The van der Waals surface area contributed by atoms with Crippen molar-refractivity contribution in [2.75, 3.05) is 36.0 Å². The van der Waals surface area contributed by atoms with Crippen LogP contribution in [0.2, 0.25) is 0 Å². The largest absolute Gasteiger partial charge is 0.392 e. The predicted molar refractivity (Wildman–Crippen MR) is 243 cm³/mol. The van der Waals surface area contributed by atoms with Gasteiger partial charge in [0.2, 0.25) is 0 Å². The molecular formula is C52H66N2O2. The van der Waals surface area contributed by atoms with Gasteiger partial charge in [-0.3, -0.25) is 0 Å². The number of hydrogen-bond acceptors (Lipinski definition) is 4. The van der Waals surface area contributed by atoms with E-state index in [1.54, 1.807) is 0 Å². The summed E-state index contributed by atoms with van der Waals surface area (Å²) < 4.78 is 0. The number of anilines is 2. The van der Waals surface area contributed by atoms with Crippen LogP contribution in [0.1, 0.15) is 104 Å². The zero-order valence-electron chi connectivity index (χ0n) is 35.3. The van der Waals surface area contributed by atoms with E-state index in [0.717, 1.165) is 73.8 Å². The summed E-state index contributed by atoms with van der Waals surface area (Å²) in [5, 5.41) is 34.2. The smallest absolute Gasteiger partial charge is 0.0727 e. The summed E-state index contributed by atoms with van der Waals surface area (Å²) in [6.07, 6.45) is 3.08. The molecule has 0 radical (unpaired) electrons. The van der Waals surface area contributed by atoms with Crippen LogP contribution in [0.25, 0.3) is 43.1 Å². The van der Waals surface area contributed by atoms with Gasteiger partial charge in [-0.25, -0.2) is 0 Å². The summed E-state index contributed by atoms with van der Waals surface area (Å²) in [6, 6.07) is 35.5. The summed E-state index contributed by atoms with van der Waals surface area (Å²) >= 11 is 0. The lowest BCUT2D eigenvalue weighted by Crippen LogP contribution is -2.51. The third kappa shape index (κ3) is 8.29. The van der Waals surface area contributed by atoms with Crippen LogP contribution in [0.5, 0.6) is 0 Å². The Morgan fingerprint density at radius 3 is 0.982 bits per heavy atom. The van der Waals surface area contributed by atoms with E-state index in [9.17, 15) is 10.2 Å². The second kappa shape index (κ2) is 17.2. The van der Waals surface area contributed by atoms with Crippen LogP contribution >= 0.6 is 0 Å². The van der Waals surface area contributed by atoms with Crippen LogP contribution < -0.4 is 9.80 Å². The molecule has 0 atom stereocenters. The van der Waals surface area contributed by atoms with Gasteiger partial charge in [0.1, 0.15) is 0 Å². The Hall–Kier alpha value is -4.12. The Balaban J connectivity index is 1.31. The van der Waals surface area contributed by atoms with Crippen molar-refractivity contribution in [3.8, 4) is 0 Å². The first-order chi connectivity index (χ1) is 26.9. The van der Waals surface area contributed by atoms with E-state index >= 15 is 0 Å². The molecule has 0 spiro atoms. The van der Waals surface area contributed by atoms with Gasteiger partial charge in [-0.2, -0.15) is 0 Å². The molecule has 4 heteroatoms. The molecule has 0 bridgehead atoms. The van der Waals surface area contributed by atoms with E-state index in [4.69, 9.17) is 0 Å². The Morgan fingerprint density at radius 1 is 0.411 bits per heavy atom. The van der Waals surface area contributed by atoms with Gasteiger partial charge in [-0.15, -0.1) is 0 Å². The SMILES string of the molecule is CC(C)CCN(CCC(C)C)c1ccc(C2C(O)C(c3ccc(N(CCC(C)C)CCC(C)C)c4cc5ccccc5cc34)C2O)c2cc3ccccc3cc12. The van der Waals surface area contributed by atoms with E-state index in [0.29, 0.717) is 23.7 Å². The van der Waals surface area contributed by atoms with Crippen LogP contribution in [-0.4, -0.2) is 48.6 Å². The van der Waals surface area contributed by atoms with Crippen molar-refractivity contribution in [3.63, 3.8) is 0 Å². The van der Waals surface area contributed by atoms with Crippen LogP contribution in [0, 0.1) is 23.7 Å². The van der Waals surface area contributed by atoms with Crippen molar-refractivity contribution in [1.29, 1.82) is 0 Å². The zero-order valence-corrected chi connectivity index (χ0v) is 35.3. The Kier molecular flexibility index (Phi) is 12.3. The second-order valence-corrected chi connectivity index (χ2v) is 18.6. The molecule has 1 saturated carbocycles. The molecule has 2 N–H and O–H groups in total. The summed E-state index contributed by atoms with van der Waals surface area (Å²) in [6.45, 7) is 22.5. The van der Waals surface area contributed by atoms with Crippen molar-refractivity contribution in [2.24, 2.45) is 23.7 Å². The van der Waals surface area contributed by atoms with Crippen LogP contribution in [0.3, 0.4) is 0 Å². The Labute approximate surface area is 336 Å². The second-order valence-electron chi connectivity index (χ2n) is 18.6. The average Bonchev–Trinajstić information content (AvgIpc) is 3.17. The molecule has 0 amide bonds. The first kappa shape index (κ1) is 40.1. The van der Waals surface area contributed by atoms with Gasteiger partial charge in [0.15, 0.2) is 0 Å². The number of fused-ring (bicyclic) bond motifs is 4. The molecule has 6 aromatic carbocycles. The first-order valence-corrected chi connectivity index (χ1v) is 21.7. The van der Waals surface area contributed by atoms with Crippen molar-refractivity contribution >= 4 is 54.5 Å². The molecule has 0 saturated heterocycles. The number of rotatable bonds is 16. The summed E-state index contributed by atoms with van der Waals surface area (Å²) in [5.74, 6) is 1.69. The molecule has 6 aromatic rings. The lowest BCUT2D eigenvalue weighted by atomic mass is 9.62. The molecule has 4 nitrogen and oxygen atoms in total. The van der Waals surface area contributed by atoms with Gasteiger partial charge >= 0.3 is 0 Å². The van der Waals surface area contributed by atoms with Crippen molar-refractivity contribution < 1.29 is 10.2 Å². The number of aliphatic hydroxyl groups is 2. The van der Waals surface area contributed by atoms with Crippen molar-refractivity contribution in [2.45, 2.75) is 105 Å². The predicted octanol–water partition coefficient (Wildman–Crippen LogP) is 12.7. The van der Waals surface area contributed by atoms with Gasteiger partial charge in [0.25, 0.3) is 0 Å². The van der Waals surface area contributed by atoms with Crippen LogP contribution in [0.4, 0.5) is 11.4 Å². The number of aliphatic hydroxyl groups excluding tert-OH is 2. The van der Waals surface area contributed by atoms with Crippen LogP contribution in [0.15, 0.2) is 97.1 Å². The van der Waals surface area contributed by atoms with Crippen molar-refractivity contribution in [1.82, 2.24) is 0 Å². The lowest BCUT2D eigenvalue weighted by Gasteiger charge is -2.48. The lowest BCUT2D eigenvalue weighted by molar-refractivity contribution is -0.0775. The number of benzene rings is 6. The molecule has 7 rings (SSSR count). The molecule has 1 fully saturated rings. The highest BCUT2D eigenvalue weighted by atomic mass is 16.3. The van der Waals surface area contributed by atoms with Gasteiger partial charge < -0.3 is 20.0 Å². The molecule has 0 aromatic heterocycles. The number of hydrogen-bond donors (Lipinski definition) is 2. The van der Waals surface area contributed by atoms with Gasteiger partial charge in [0.05, 0.1) is 12.2 Å². The maximum absolute atomic E-state index is 12.3. The fraction of sp³-hybridized carbons (Fsp3) is 0.462. The van der Waals surface area contributed by atoms with E-state index in [1.165, 1.54) is 43.7 Å². The minimum Gasteiger partial charge on any atom is -0.392 e. The van der Waals surface area contributed by atoms with Gasteiger partial charge in [0, 0.05) is 60.2 Å². The maximum Gasteiger partial charge on any atom is 0.0727 e. The quantitative estimate of drug-likeness (QED) is 0.0967. The van der Waals surface area contributed by atoms with Gasteiger partial charge in [-0.1, -0.05) is 116 Å². The molecule has 0 unspecified atom stereocenters. The van der Waals surface area contributed by atoms with Crippen molar-refractivity contribution in [3.05, 3.63) is 108 Å². The monoisotopic (exact) mass is 751 g/mol. The minimum absolute atomic E-state index is 0.388. The fourth-order valence-electron chi connectivity index (χ4n) is 9.01. The molecule has 56 heavy (non-hydrogen) atoms. The molecular weight excluding hydrogens is 685 g/mol. The standard InChI is InChI=1S/C52H66N2O2/c1-33(2)21-25-53(26-22-34(3)4)47-19-17-41(43-29-37-13-9-11-15-39(37)31-45(43)47)49-51(55)50(52(49)56)42-18-20-48(54(27-23-35(5)6)28-24-36(7)8)46-32-40-16-12-10-14-38(40)30-44(42)46/h9-20,29-36,49-52,55-56H,21-28H2,1-8H3. The molecule has 0 heterocycles. The average molecular weight is 751 g/mol. The van der Waals surface area contributed by atoms with E-state index in [2.05, 4.69) is 162 Å². The molecule has 1 aliphatic carbocycles. The normalized spacial score (nSPS) is 18.7. The number of nitrogens with zero attached hydrogens (tertiary/aromatic N) is 2. The summed E-state index contributed by atoms with van der Waals surface area (Å²) in [5.41, 5.74) is 4.59. The van der Waals surface area contributed by atoms with E-state index < -0.39 is 12.2 Å². The highest BCUT2D eigenvalue weighted by Gasteiger charge is 2.51. The molecule has 296 valence electrons. The summed E-state index contributed by atoms with van der Waals surface area (Å²) in [7, 11) is 0. The van der Waals surface area contributed by atoms with E-state index in [-0.39, 0.29) is 11.8 Å². The topological polar surface area (TPSA) is 46.9 Å². The molecule has 0 aliphatic heterocycles. The highest BCUT2D eigenvalue weighted by molar-refractivity contribution is 6.07. The van der Waals surface area contributed by atoms with E-state index in [1.807, 2.05) is 0 Å². The highest BCUT2D eigenvalue weighted by Crippen LogP contribution is 2.53. The third-order valence-electron chi connectivity index (χ3n) is 12.6. The Bertz CT molecular complexity index is 2080. The van der Waals surface area contributed by atoms with Gasteiger partial charge in [-0.05, 0) is 129 Å². The first-order valence-electron chi connectivity index (χ1n) is 21.7.